The Hall–Kier alpha value is -1.10. The van der Waals surface area contributed by atoms with Crippen LogP contribution in [0.25, 0.3) is 0 Å². The van der Waals surface area contributed by atoms with E-state index >= 15 is 0 Å². The number of hydrogen-bond donors (Lipinski definition) is 1. The zero-order chi connectivity index (χ0) is 12.6. The third-order valence-electron chi connectivity index (χ3n) is 2.79. The normalized spacial score (nSPS) is 24.6. The van der Waals surface area contributed by atoms with Gasteiger partial charge in [-0.2, -0.15) is 0 Å². The maximum absolute atomic E-state index is 11.8. The monoisotopic (exact) mass is 229 g/mol. The Balaban J connectivity index is 2.88. The van der Waals surface area contributed by atoms with Gasteiger partial charge in [0.05, 0.1) is 0 Å². The summed E-state index contributed by atoms with van der Waals surface area (Å²) in [4.78, 5) is 23.7. The number of ether oxygens (including phenoxy) is 2. The van der Waals surface area contributed by atoms with Crippen molar-refractivity contribution in [3.05, 3.63) is 0 Å². The van der Waals surface area contributed by atoms with Crippen LogP contribution in [-0.2, 0) is 19.1 Å². The fourth-order valence-corrected chi connectivity index (χ4v) is 1.66. The molecular weight excluding hydrogens is 210 g/mol. The van der Waals surface area contributed by atoms with E-state index in [1.54, 1.807) is 27.8 Å². The van der Waals surface area contributed by atoms with Gasteiger partial charge in [0.2, 0.25) is 0 Å². The molecule has 0 radical (unpaired) electrons. The molecule has 0 spiro atoms. The summed E-state index contributed by atoms with van der Waals surface area (Å²) in [7, 11) is 1.78. The first-order valence-corrected chi connectivity index (χ1v) is 5.35. The van der Waals surface area contributed by atoms with Crippen molar-refractivity contribution in [3.8, 4) is 0 Å². The molecule has 16 heavy (non-hydrogen) atoms. The maximum Gasteiger partial charge on any atom is 0.326 e. The van der Waals surface area contributed by atoms with Gasteiger partial charge in [0, 0.05) is 19.9 Å². The molecule has 1 N–H and O–H groups in total. The van der Waals surface area contributed by atoms with Crippen LogP contribution in [-0.4, -0.2) is 30.8 Å². The second-order valence-corrected chi connectivity index (χ2v) is 4.90. The van der Waals surface area contributed by atoms with Crippen molar-refractivity contribution in [2.24, 2.45) is 5.41 Å². The van der Waals surface area contributed by atoms with E-state index in [1.165, 1.54) is 0 Å². The highest BCUT2D eigenvalue weighted by atomic mass is 16.7. The third kappa shape index (κ3) is 2.35. The minimum absolute atomic E-state index is 0.0336. The molecule has 1 atom stereocenters. The topological polar surface area (TPSA) is 64.6 Å². The lowest BCUT2D eigenvalue weighted by Gasteiger charge is -2.39. The van der Waals surface area contributed by atoms with Crippen LogP contribution in [0.2, 0.25) is 0 Å². The van der Waals surface area contributed by atoms with Crippen molar-refractivity contribution in [1.29, 1.82) is 0 Å². The summed E-state index contributed by atoms with van der Waals surface area (Å²) in [6.07, 6.45) is 0.358. The molecule has 0 amide bonds. The molecule has 1 heterocycles. The van der Waals surface area contributed by atoms with Gasteiger partial charge in [-0.15, -0.1) is 0 Å². The average molecular weight is 229 g/mol. The molecule has 5 nitrogen and oxygen atoms in total. The second-order valence-electron chi connectivity index (χ2n) is 4.90. The summed E-state index contributed by atoms with van der Waals surface area (Å²) in [5, 5.41) is 2.98. The molecule has 0 bridgehead atoms. The highest BCUT2D eigenvalue weighted by Gasteiger charge is 2.53. The molecule has 1 rings (SSSR count). The molecule has 5 heteroatoms. The first-order chi connectivity index (χ1) is 7.21. The van der Waals surface area contributed by atoms with Crippen LogP contribution in [0.1, 0.15) is 34.1 Å². The summed E-state index contributed by atoms with van der Waals surface area (Å²) >= 11 is 0. The van der Waals surface area contributed by atoms with Gasteiger partial charge in [0.25, 0.3) is 5.79 Å². The van der Waals surface area contributed by atoms with Crippen LogP contribution in [0.15, 0.2) is 0 Å². The average Bonchev–Trinajstić information content (AvgIpc) is 2.13. The van der Waals surface area contributed by atoms with E-state index in [0.29, 0.717) is 6.42 Å². The molecule has 1 aliphatic heterocycles. The van der Waals surface area contributed by atoms with Gasteiger partial charge in [-0.25, -0.2) is 0 Å². The molecular formula is C11H19NO4. The van der Waals surface area contributed by atoms with Crippen LogP contribution in [0.3, 0.4) is 0 Å². The van der Waals surface area contributed by atoms with Crippen molar-refractivity contribution in [2.75, 3.05) is 7.05 Å². The third-order valence-corrected chi connectivity index (χ3v) is 2.79. The predicted octanol–water partition coefficient (Wildman–Crippen LogP) is 0.827. The second kappa shape index (κ2) is 4.05. The van der Waals surface area contributed by atoms with Crippen molar-refractivity contribution in [1.82, 2.24) is 5.32 Å². The Labute approximate surface area is 95.5 Å². The number of rotatable bonds is 3. The van der Waals surface area contributed by atoms with Crippen LogP contribution < -0.4 is 5.32 Å². The maximum atomic E-state index is 11.8. The highest BCUT2D eigenvalue weighted by Crippen LogP contribution is 2.35. The standard InChI is InChI=1S/C11H19NO4/c1-7(12-5)6-11(4)8(13)15-10(2,3)16-9(11)14/h7,12H,6H2,1-5H3. The number of esters is 2. The molecule has 92 valence electrons. The van der Waals surface area contributed by atoms with E-state index in [0.717, 1.165) is 0 Å². The lowest BCUT2D eigenvalue weighted by atomic mass is 9.83. The van der Waals surface area contributed by atoms with Crippen molar-refractivity contribution >= 4 is 11.9 Å². The largest absolute Gasteiger partial charge is 0.422 e. The lowest BCUT2D eigenvalue weighted by Crippen LogP contribution is -2.54. The Bertz CT molecular complexity index is 291. The zero-order valence-corrected chi connectivity index (χ0v) is 10.4. The summed E-state index contributed by atoms with van der Waals surface area (Å²) in [6.45, 7) is 6.54. The molecule has 0 aromatic carbocycles. The van der Waals surface area contributed by atoms with E-state index in [1.807, 2.05) is 6.92 Å². The Kier molecular flexibility index (Phi) is 3.28. The SMILES string of the molecule is CNC(C)CC1(C)C(=O)OC(C)(C)OC1=O. The van der Waals surface area contributed by atoms with E-state index in [9.17, 15) is 9.59 Å². The molecule has 0 saturated carbocycles. The quantitative estimate of drug-likeness (QED) is 0.573. The Morgan fingerprint density at radius 2 is 1.62 bits per heavy atom. The molecule has 1 fully saturated rings. The van der Waals surface area contributed by atoms with E-state index < -0.39 is 23.1 Å². The number of cyclic esters (lactones) is 2. The summed E-state index contributed by atoms with van der Waals surface area (Å²) in [6, 6.07) is 0.0336. The van der Waals surface area contributed by atoms with Gasteiger partial charge in [0.1, 0.15) is 0 Å². The van der Waals surface area contributed by atoms with Crippen LogP contribution in [0.5, 0.6) is 0 Å². The van der Waals surface area contributed by atoms with Crippen LogP contribution >= 0.6 is 0 Å². The summed E-state index contributed by atoms with van der Waals surface area (Å²) in [5.41, 5.74) is -1.21. The van der Waals surface area contributed by atoms with Gasteiger partial charge in [-0.1, -0.05) is 0 Å². The summed E-state index contributed by atoms with van der Waals surface area (Å²) < 4.78 is 10.2. The minimum Gasteiger partial charge on any atom is -0.422 e. The number of carbonyl (C=O) groups is 2. The lowest BCUT2D eigenvalue weighted by molar-refractivity contribution is -0.250. The van der Waals surface area contributed by atoms with Gasteiger partial charge in [-0.3, -0.25) is 9.59 Å². The minimum atomic E-state index is -1.21. The van der Waals surface area contributed by atoms with Crippen LogP contribution in [0.4, 0.5) is 0 Å². The number of nitrogens with one attached hydrogen (secondary N) is 1. The fourth-order valence-electron chi connectivity index (χ4n) is 1.66. The van der Waals surface area contributed by atoms with Gasteiger partial charge < -0.3 is 14.8 Å². The van der Waals surface area contributed by atoms with Crippen molar-refractivity contribution < 1.29 is 19.1 Å². The highest BCUT2D eigenvalue weighted by molar-refractivity contribution is 6.01. The molecule has 0 aliphatic carbocycles. The molecule has 0 aromatic heterocycles. The van der Waals surface area contributed by atoms with Crippen molar-refractivity contribution in [3.63, 3.8) is 0 Å². The van der Waals surface area contributed by atoms with Gasteiger partial charge >= 0.3 is 11.9 Å². The predicted molar refractivity (Wildman–Crippen MR) is 57.5 cm³/mol. The van der Waals surface area contributed by atoms with E-state index in [4.69, 9.17) is 9.47 Å². The smallest absolute Gasteiger partial charge is 0.326 e. The zero-order valence-electron chi connectivity index (χ0n) is 10.4. The van der Waals surface area contributed by atoms with Gasteiger partial charge in [-0.05, 0) is 27.3 Å². The number of carbonyl (C=O) groups excluding carboxylic acids is 2. The van der Waals surface area contributed by atoms with E-state index in [2.05, 4.69) is 5.32 Å². The first-order valence-electron chi connectivity index (χ1n) is 5.35. The molecule has 1 unspecified atom stereocenters. The molecule has 1 aliphatic rings. The summed E-state index contributed by atoms with van der Waals surface area (Å²) in [5.74, 6) is -2.19. The molecule has 0 aromatic rings. The van der Waals surface area contributed by atoms with Crippen LogP contribution in [0, 0.1) is 5.41 Å². The molecule has 1 saturated heterocycles. The Morgan fingerprint density at radius 3 is 2.00 bits per heavy atom. The van der Waals surface area contributed by atoms with Gasteiger partial charge in [0.15, 0.2) is 5.41 Å². The Morgan fingerprint density at radius 1 is 1.19 bits per heavy atom. The first kappa shape index (κ1) is 13.0. The number of hydrogen-bond acceptors (Lipinski definition) is 5. The van der Waals surface area contributed by atoms with E-state index in [-0.39, 0.29) is 6.04 Å². The fraction of sp³-hybridized carbons (Fsp3) is 0.818. The van der Waals surface area contributed by atoms with Crippen molar-refractivity contribution in [2.45, 2.75) is 45.9 Å².